The first-order valence-corrected chi connectivity index (χ1v) is 9.89. The number of imidazole rings is 1. The Morgan fingerprint density at radius 3 is 3.00 bits per heavy atom. The maximum Gasteiger partial charge on any atom is 0.137 e. The van der Waals surface area contributed by atoms with Gasteiger partial charge in [-0.2, -0.15) is 0 Å². The molecule has 1 N–H and O–H groups in total. The molecule has 0 amide bonds. The first-order valence-electron chi connectivity index (χ1n) is 9.89. The number of nitrogens with zero attached hydrogens (tertiary/aromatic N) is 4. The average molecular weight is 377 g/mol. The lowest BCUT2D eigenvalue weighted by molar-refractivity contribution is 0.376. The van der Waals surface area contributed by atoms with Crippen LogP contribution in [-0.4, -0.2) is 45.8 Å². The lowest BCUT2D eigenvalue weighted by atomic mass is 10.0. The summed E-state index contributed by atoms with van der Waals surface area (Å²) in [6.07, 6.45) is 13.4. The highest BCUT2D eigenvalue weighted by Crippen LogP contribution is 2.28. The molecule has 0 bridgehead atoms. The number of H-pyrrole nitrogens is 1. The van der Waals surface area contributed by atoms with E-state index in [0.717, 1.165) is 53.7 Å². The molecule has 0 aromatic carbocycles. The van der Waals surface area contributed by atoms with Crippen molar-refractivity contribution in [3.05, 3.63) is 58.9 Å². The Balaban J connectivity index is 1.71. The number of aliphatic imine (C=N–C) groups is 1. The fourth-order valence-electron chi connectivity index (χ4n) is 4.50. The van der Waals surface area contributed by atoms with Crippen LogP contribution in [0.1, 0.15) is 24.8 Å². The zero-order chi connectivity index (χ0) is 19.1. The van der Waals surface area contributed by atoms with Gasteiger partial charge in [-0.15, -0.1) is 0 Å². The van der Waals surface area contributed by atoms with Gasteiger partial charge in [-0.25, -0.2) is 14.4 Å². The SMILES string of the molecule is CN1CCC(Cn2cnc(=C3C=CC(F)=CC3)c2=C2CC=Nc3[nH]ccc32)C1. The molecule has 2 aliphatic heterocycles. The van der Waals surface area contributed by atoms with Crippen LogP contribution in [0, 0.1) is 5.92 Å². The Labute approximate surface area is 163 Å². The predicted molar refractivity (Wildman–Crippen MR) is 110 cm³/mol. The molecular weight excluding hydrogens is 353 g/mol. The van der Waals surface area contributed by atoms with Crippen LogP contribution >= 0.6 is 0 Å². The molecule has 4 heterocycles. The molecule has 0 radical (unpaired) electrons. The number of likely N-dealkylation sites (tertiary alicyclic amines) is 1. The van der Waals surface area contributed by atoms with Gasteiger partial charge in [-0.05, 0) is 61.7 Å². The summed E-state index contributed by atoms with van der Waals surface area (Å²) in [6.45, 7) is 3.22. The molecule has 5 rings (SSSR count). The maximum absolute atomic E-state index is 13.5. The van der Waals surface area contributed by atoms with E-state index in [1.54, 1.807) is 6.08 Å². The van der Waals surface area contributed by atoms with E-state index in [4.69, 9.17) is 4.98 Å². The minimum Gasteiger partial charge on any atom is -0.346 e. The summed E-state index contributed by atoms with van der Waals surface area (Å²) in [7, 11) is 2.18. The predicted octanol–water partition coefficient (Wildman–Crippen LogP) is 2.43. The fourth-order valence-corrected chi connectivity index (χ4v) is 4.50. The monoisotopic (exact) mass is 377 g/mol. The molecule has 1 saturated heterocycles. The summed E-state index contributed by atoms with van der Waals surface area (Å²) in [6, 6.07) is 2.09. The first-order chi connectivity index (χ1) is 13.7. The third-order valence-electron chi connectivity index (χ3n) is 5.90. The molecule has 3 aliphatic rings. The lowest BCUT2D eigenvalue weighted by Gasteiger charge is -2.15. The van der Waals surface area contributed by atoms with E-state index in [-0.39, 0.29) is 5.83 Å². The third-order valence-corrected chi connectivity index (χ3v) is 5.90. The zero-order valence-corrected chi connectivity index (χ0v) is 16.0. The van der Waals surface area contributed by atoms with Crippen molar-refractivity contribution >= 4 is 23.2 Å². The van der Waals surface area contributed by atoms with Crippen LogP contribution in [0.3, 0.4) is 0 Å². The van der Waals surface area contributed by atoms with Crippen molar-refractivity contribution in [3.8, 4) is 0 Å². The number of aromatic nitrogens is 3. The number of nitrogens with one attached hydrogen (secondary N) is 1. The van der Waals surface area contributed by atoms with Crippen molar-refractivity contribution in [1.82, 2.24) is 19.4 Å². The number of fused-ring (bicyclic) bond motifs is 1. The summed E-state index contributed by atoms with van der Waals surface area (Å²) in [5.74, 6) is 1.35. The van der Waals surface area contributed by atoms with Crippen LogP contribution in [0.2, 0.25) is 0 Å². The number of allylic oxidation sites excluding steroid dienone is 4. The summed E-state index contributed by atoms with van der Waals surface area (Å²) in [5.41, 5.74) is 3.43. The number of hydrogen-bond acceptors (Lipinski definition) is 3. The Bertz CT molecular complexity index is 1110. The molecule has 0 spiro atoms. The van der Waals surface area contributed by atoms with Gasteiger partial charge in [-0.3, -0.25) is 0 Å². The summed E-state index contributed by atoms with van der Waals surface area (Å²) < 4.78 is 15.8. The zero-order valence-electron chi connectivity index (χ0n) is 16.0. The molecule has 6 heteroatoms. The van der Waals surface area contributed by atoms with Crippen LogP contribution in [-0.2, 0) is 6.54 Å². The van der Waals surface area contributed by atoms with Crippen molar-refractivity contribution in [2.75, 3.05) is 20.1 Å². The van der Waals surface area contributed by atoms with Crippen LogP contribution < -0.4 is 10.7 Å². The molecule has 2 aromatic heterocycles. The highest BCUT2D eigenvalue weighted by molar-refractivity contribution is 5.88. The average Bonchev–Trinajstić information content (AvgIpc) is 3.42. The van der Waals surface area contributed by atoms with Crippen LogP contribution in [0.25, 0.3) is 11.1 Å². The van der Waals surface area contributed by atoms with Crippen LogP contribution in [0.5, 0.6) is 0 Å². The number of halogens is 1. The van der Waals surface area contributed by atoms with Gasteiger partial charge < -0.3 is 14.5 Å². The van der Waals surface area contributed by atoms with Crippen molar-refractivity contribution in [2.24, 2.45) is 10.9 Å². The molecule has 1 fully saturated rings. The van der Waals surface area contributed by atoms with Gasteiger partial charge in [0, 0.05) is 37.5 Å². The van der Waals surface area contributed by atoms with E-state index < -0.39 is 0 Å². The molecule has 5 nitrogen and oxygen atoms in total. The summed E-state index contributed by atoms with van der Waals surface area (Å²) in [5, 5.41) is 2.11. The third kappa shape index (κ3) is 3.07. The van der Waals surface area contributed by atoms with E-state index in [1.807, 2.05) is 24.8 Å². The number of rotatable bonds is 2. The van der Waals surface area contributed by atoms with Gasteiger partial charge in [0.05, 0.1) is 17.0 Å². The molecular formula is C22H24FN5. The molecule has 1 aliphatic carbocycles. The minimum atomic E-state index is -0.177. The van der Waals surface area contributed by atoms with Gasteiger partial charge in [0.1, 0.15) is 11.6 Å². The second-order valence-electron chi connectivity index (χ2n) is 7.90. The lowest BCUT2D eigenvalue weighted by Crippen LogP contribution is -2.36. The standard InChI is InChI=1S/C22H24FN5/c1-27-11-8-15(12-27)13-28-14-26-20(16-2-4-17(23)5-3-16)21(28)18-6-9-24-22-19(18)7-10-25-22/h2,4-5,7,9-10,14-15,25H,3,6,8,11-13H2,1H3. The smallest absolute Gasteiger partial charge is 0.137 e. The second kappa shape index (κ2) is 7.02. The minimum absolute atomic E-state index is 0.177. The molecule has 2 aromatic rings. The first kappa shape index (κ1) is 17.4. The Morgan fingerprint density at radius 2 is 2.21 bits per heavy atom. The van der Waals surface area contributed by atoms with Gasteiger partial charge in [0.25, 0.3) is 0 Å². The summed E-state index contributed by atoms with van der Waals surface area (Å²) in [4.78, 5) is 14.9. The Morgan fingerprint density at radius 1 is 1.29 bits per heavy atom. The molecule has 144 valence electrons. The molecule has 1 atom stereocenters. The normalized spacial score (nSPS) is 25.9. The van der Waals surface area contributed by atoms with Crippen LogP contribution in [0.15, 0.2) is 47.6 Å². The van der Waals surface area contributed by atoms with E-state index >= 15 is 0 Å². The van der Waals surface area contributed by atoms with Crippen molar-refractivity contribution in [1.29, 1.82) is 0 Å². The highest BCUT2D eigenvalue weighted by Gasteiger charge is 2.22. The van der Waals surface area contributed by atoms with E-state index in [0.29, 0.717) is 12.3 Å². The van der Waals surface area contributed by atoms with Gasteiger partial charge in [-0.1, -0.05) is 6.08 Å². The van der Waals surface area contributed by atoms with E-state index in [2.05, 4.69) is 32.6 Å². The summed E-state index contributed by atoms with van der Waals surface area (Å²) >= 11 is 0. The molecule has 0 saturated carbocycles. The fraction of sp³-hybridized carbons (Fsp3) is 0.364. The maximum atomic E-state index is 13.5. The van der Waals surface area contributed by atoms with E-state index in [9.17, 15) is 4.39 Å². The van der Waals surface area contributed by atoms with Crippen molar-refractivity contribution in [2.45, 2.75) is 25.8 Å². The molecule has 1 unspecified atom stereocenters. The van der Waals surface area contributed by atoms with E-state index in [1.165, 1.54) is 18.1 Å². The van der Waals surface area contributed by atoms with Crippen molar-refractivity contribution < 1.29 is 4.39 Å². The van der Waals surface area contributed by atoms with Gasteiger partial charge >= 0.3 is 0 Å². The quantitative estimate of drug-likeness (QED) is 0.874. The Kier molecular flexibility index (Phi) is 4.36. The number of hydrogen-bond donors (Lipinski definition) is 1. The van der Waals surface area contributed by atoms with Gasteiger partial charge in [0.15, 0.2) is 0 Å². The largest absolute Gasteiger partial charge is 0.346 e. The second-order valence-corrected chi connectivity index (χ2v) is 7.90. The van der Waals surface area contributed by atoms with Crippen molar-refractivity contribution in [3.63, 3.8) is 0 Å². The van der Waals surface area contributed by atoms with Crippen LogP contribution in [0.4, 0.5) is 10.2 Å². The van der Waals surface area contributed by atoms with Gasteiger partial charge in [0.2, 0.25) is 0 Å². The highest BCUT2D eigenvalue weighted by atomic mass is 19.1. The molecule has 28 heavy (non-hydrogen) atoms. The topological polar surface area (TPSA) is 49.2 Å². The number of aromatic amines is 1. The Hall–Kier alpha value is -2.73.